The topological polar surface area (TPSA) is 60.2 Å². The third kappa shape index (κ3) is 2.46. The van der Waals surface area contributed by atoms with Gasteiger partial charge >= 0.3 is 0 Å². The molecule has 0 N–H and O–H groups in total. The van der Waals surface area contributed by atoms with Gasteiger partial charge in [-0.2, -0.15) is 11.3 Å². The average molecular weight is 292 g/mol. The second kappa shape index (κ2) is 5.34. The first kappa shape index (κ1) is 13.3. The van der Waals surface area contributed by atoms with Gasteiger partial charge < -0.3 is 9.64 Å². The number of hydrogen-bond acceptors (Lipinski definition) is 5. The number of rotatable bonds is 2. The van der Waals surface area contributed by atoms with Gasteiger partial charge in [0.25, 0.3) is 5.91 Å². The van der Waals surface area contributed by atoms with Crippen LogP contribution in [-0.4, -0.2) is 45.0 Å². The molecule has 0 spiro atoms. The van der Waals surface area contributed by atoms with E-state index in [9.17, 15) is 4.79 Å². The largest absolute Gasteiger partial charge is 0.367 e. The van der Waals surface area contributed by atoms with Crippen molar-refractivity contribution < 1.29 is 9.53 Å². The number of nitrogens with zero attached hydrogens (tertiary/aromatic N) is 4. The molecule has 2 atom stereocenters. The Balaban J connectivity index is 1.80. The lowest BCUT2D eigenvalue weighted by Gasteiger charge is -2.36. The summed E-state index contributed by atoms with van der Waals surface area (Å²) in [5.74, 6) is -0.0483. The van der Waals surface area contributed by atoms with Crippen LogP contribution in [0.4, 0.5) is 0 Å². The highest BCUT2D eigenvalue weighted by Crippen LogP contribution is 2.27. The highest BCUT2D eigenvalue weighted by atomic mass is 32.1. The van der Waals surface area contributed by atoms with Crippen LogP contribution in [0, 0.1) is 0 Å². The first-order valence-electron chi connectivity index (χ1n) is 6.46. The summed E-state index contributed by atoms with van der Waals surface area (Å²) < 4.78 is 7.44. The van der Waals surface area contributed by atoms with Crippen LogP contribution in [0.25, 0.3) is 0 Å². The zero-order valence-electron chi connectivity index (χ0n) is 11.4. The molecule has 0 saturated carbocycles. The molecule has 2 aromatic heterocycles. The molecule has 1 fully saturated rings. The lowest BCUT2D eigenvalue weighted by Crippen LogP contribution is -2.46. The van der Waals surface area contributed by atoms with Crippen molar-refractivity contribution in [1.29, 1.82) is 0 Å². The van der Waals surface area contributed by atoms with Gasteiger partial charge in [-0.25, -0.2) is 4.68 Å². The predicted molar refractivity (Wildman–Crippen MR) is 74.5 cm³/mol. The van der Waals surface area contributed by atoms with Gasteiger partial charge in [-0.3, -0.25) is 4.79 Å². The fourth-order valence-electron chi connectivity index (χ4n) is 2.40. The minimum Gasteiger partial charge on any atom is -0.367 e. The molecule has 1 saturated heterocycles. The van der Waals surface area contributed by atoms with Crippen molar-refractivity contribution in [1.82, 2.24) is 19.9 Å². The van der Waals surface area contributed by atoms with Crippen molar-refractivity contribution in [3.05, 3.63) is 34.3 Å². The quantitative estimate of drug-likeness (QED) is 0.841. The van der Waals surface area contributed by atoms with E-state index in [4.69, 9.17) is 4.74 Å². The summed E-state index contributed by atoms with van der Waals surface area (Å²) in [5.41, 5.74) is 1.63. The third-order valence-corrected chi connectivity index (χ3v) is 4.10. The molecule has 20 heavy (non-hydrogen) atoms. The van der Waals surface area contributed by atoms with Crippen LogP contribution in [0.1, 0.15) is 29.1 Å². The molecule has 0 bridgehead atoms. The first-order valence-corrected chi connectivity index (χ1v) is 7.41. The van der Waals surface area contributed by atoms with Crippen LogP contribution in [0.5, 0.6) is 0 Å². The van der Waals surface area contributed by atoms with Gasteiger partial charge in [0.1, 0.15) is 11.8 Å². The number of amides is 1. The summed E-state index contributed by atoms with van der Waals surface area (Å²) in [4.78, 5) is 14.3. The summed E-state index contributed by atoms with van der Waals surface area (Å²) in [6.07, 6.45) is 1.45. The lowest BCUT2D eigenvalue weighted by molar-refractivity contribution is -0.0692. The van der Waals surface area contributed by atoms with Crippen LogP contribution in [0.15, 0.2) is 23.0 Å². The highest BCUT2D eigenvalue weighted by molar-refractivity contribution is 7.07. The fraction of sp³-hybridized carbons (Fsp3) is 0.462. The maximum absolute atomic E-state index is 12.5. The van der Waals surface area contributed by atoms with E-state index in [2.05, 4.69) is 15.7 Å². The van der Waals surface area contributed by atoms with Crippen molar-refractivity contribution in [2.45, 2.75) is 19.1 Å². The van der Waals surface area contributed by atoms with E-state index in [-0.39, 0.29) is 18.1 Å². The van der Waals surface area contributed by atoms with Gasteiger partial charge in [0, 0.05) is 13.6 Å². The number of thiophene rings is 1. The van der Waals surface area contributed by atoms with Crippen molar-refractivity contribution in [2.24, 2.45) is 7.05 Å². The number of hydrogen-bond donors (Lipinski definition) is 0. The summed E-state index contributed by atoms with van der Waals surface area (Å²) in [6, 6.07) is 2.04. The molecule has 106 valence electrons. The van der Waals surface area contributed by atoms with Crippen LogP contribution in [0.3, 0.4) is 0 Å². The summed E-state index contributed by atoms with van der Waals surface area (Å²) >= 11 is 1.64. The monoisotopic (exact) mass is 292 g/mol. The summed E-state index contributed by atoms with van der Waals surface area (Å²) in [6.45, 7) is 3.13. The van der Waals surface area contributed by atoms with Gasteiger partial charge in [-0.1, -0.05) is 5.21 Å². The molecule has 0 aromatic carbocycles. The van der Waals surface area contributed by atoms with Gasteiger partial charge in [-0.15, -0.1) is 5.10 Å². The molecular weight excluding hydrogens is 276 g/mol. The molecule has 2 aromatic rings. The van der Waals surface area contributed by atoms with Crippen LogP contribution >= 0.6 is 11.3 Å². The van der Waals surface area contributed by atoms with Crippen LogP contribution in [0.2, 0.25) is 0 Å². The molecule has 1 aliphatic heterocycles. The second-order valence-electron chi connectivity index (χ2n) is 4.95. The zero-order valence-corrected chi connectivity index (χ0v) is 12.2. The molecule has 3 heterocycles. The Kier molecular flexibility index (Phi) is 3.54. The SMILES string of the molecule is C[C@@H]1CN(C(=O)c2cnnn2C)C[C@@H](c2ccsc2)O1. The predicted octanol–water partition coefficient (Wildman–Crippen LogP) is 1.48. The molecule has 0 unspecified atom stereocenters. The van der Waals surface area contributed by atoms with E-state index in [0.717, 1.165) is 5.56 Å². The Hall–Kier alpha value is -1.73. The maximum atomic E-state index is 12.5. The van der Waals surface area contributed by atoms with Gasteiger partial charge in [-0.05, 0) is 29.3 Å². The van der Waals surface area contributed by atoms with E-state index in [1.807, 2.05) is 23.3 Å². The number of aryl methyl sites for hydroxylation is 1. The van der Waals surface area contributed by atoms with Crippen LogP contribution in [-0.2, 0) is 11.8 Å². The molecule has 1 aliphatic rings. The van der Waals surface area contributed by atoms with Crippen molar-refractivity contribution in [2.75, 3.05) is 13.1 Å². The second-order valence-corrected chi connectivity index (χ2v) is 5.73. The average Bonchev–Trinajstić information content (AvgIpc) is 3.08. The molecule has 0 aliphatic carbocycles. The Labute approximate surface area is 121 Å². The fourth-order valence-corrected chi connectivity index (χ4v) is 3.11. The molecule has 3 rings (SSSR count). The van der Waals surface area contributed by atoms with Crippen molar-refractivity contribution >= 4 is 17.2 Å². The Morgan fingerprint density at radius 1 is 1.50 bits per heavy atom. The number of aromatic nitrogens is 3. The number of carbonyl (C=O) groups excluding carboxylic acids is 1. The molecule has 7 heteroatoms. The lowest BCUT2D eigenvalue weighted by atomic mass is 10.1. The number of morpholine rings is 1. The first-order chi connectivity index (χ1) is 9.65. The van der Waals surface area contributed by atoms with Gasteiger partial charge in [0.15, 0.2) is 0 Å². The Bertz CT molecular complexity index is 595. The van der Waals surface area contributed by atoms with E-state index < -0.39 is 0 Å². The standard InChI is InChI=1S/C13H16N4O2S/c1-9-6-17(13(18)11-5-14-15-16(11)2)7-12(19-9)10-3-4-20-8-10/h3-5,8-9,12H,6-7H2,1-2H3/t9-,12+/m1/s1. The smallest absolute Gasteiger partial charge is 0.273 e. The van der Waals surface area contributed by atoms with Gasteiger partial charge in [0.05, 0.1) is 18.8 Å². The number of ether oxygens (including phenoxy) is 1. The third-order valence-electron chi connectivity index (χ3n) is 3.40. The zero-order chi connectivity index (χ0) is 14.1. The normalized spacial score (nSPS) is 23.0. The van der Waals surface area contributed by atoms with E-state index in [1.54, 1.807) is 18.4 Å². The molecule has 6 nitrogen and oxygen atoms in total. The van der Waals surface area contributed by atoms with Crippen LogP contribution < -0.4 is 0 Å². The molecular formula is C13H16N4O2S. The Morgan fingerprint density at radius 3 is 3.00 bits per heavy atom. The number of carbonyl (C=O) groups is 1. The Morgan fingerprint density at radius 2 is 2.35 bits per heavy atom. The van der Waals surface area contributed by atoms with Crippen molar-refractivity contribution in [3.63, 3.8) is 0 Å². The minimum atomic E-state index is -0.0601. The van der Waals surface area contributed by atoms with Gasteiger partial charge in [0.2, 0.25) is 0 Å². The minimum absolute atomic E-state index is 0.0128. The molecule has 1 amide bonds. The highest BCUT2D eigenvalue weighted by Gasteiger charge is 2.31. The maximum Gasteiger partial charge on any atom is 0.273 e. The summed E-state index contributed by atoms with van der Waals surface area (Å²) in [5, 5.41) is 11.7. The van der Waals surface area contributed by atoms with E-state index in [1.165, 1.54) is 10.9 Å². The van der Waals surface area contributed by atoms with E-state index >= 15 is 0 Å². The van der Waals surface area contributed by atoms with E-state index in [0.29, 0.717) is 18.8 Å². The molecule has 0 radical (unpaired) electrons. The van der Waals surface area contributed by atoms with Crippen molar-refractivity contribution in [3.8, 4) is 0 Å². The summed E-state index contributed by atoms with van der Waals surface area (Å²) in [7, 11) is 1.72.